The Kier molecular flexibility index (Phi) is 6.30. The molecule has 1 amide bonds. The number of hydrogen-bond donors (Lipinski definition) is 1. The SMILES string of the molecule is COc1ccccc1-c1noc(C)c1C(=O)NCc1cc(N(C)C)nc(-c2cccnc2)n1. The number of methoxy groups -OCH3 is 1. The third-order valence-corrected chi connectivity index (χ3v) is 5.03. The van der Waals surface area contributed by atoms with E-state index < -0.39 is 0 Å². The fourth-order valence-corrected chi connectivity index (χ4v) is 3.35. The van der Waals surface area contributed by atoms with Crippen LogP contribution in [-0.2, 0) is 6.54 Å². The summed E-state index contributed by atoms with van der Waals surface area (Å²) in [4.78, 5) is 28.4. The first-order valence-electron chi connectivity index (χ1n) is 10.3. The van der Waals surface area contributed by atoms with Gasteiger partial charge in [0.25, 0.3) is 5.91 Å². The summed E-state index contributed by atoms with van der Waals surface area (Å²) in [5.41, 5.74) is 2.91. The third kappa shape index (κ3) is 4.67. The molecule has 0 unspecified atom stereocenters. The van der Waals surface area contributed by atoms with Crippen LogP contribution in [0.1, 0.15) is 21.8 Å². The number of carbonyl (C=O) groups is 1. The highest BCUT2D eigenvalue weighted by molar-refractivity contribution is 6.01. The van der Waals surface area contributed by atoms with E-state index in [1.165, 1.54) is 0 Å². The number of hydrogen-bond acceptors (Lipinski definition) is 8. The van der Waals surface area contributed by atoms with E-state index in [9.17, 15) is 4.79 Å². The van der Waals surface area contributed by atoms with Crippen molar-refractivity contribution in [2.24, 2.45) is 0 Å². The number of ether oxygens (including phenoxy) is 1. The van der Waals surface area contributed by atoms with Crippen molar-refractivity contribution in [3.63, 3.8) is 0 Å². The lowest BCUT2D eigenvalue weighted by Crippen LogP contribution is -2.25. The average Bonchev–Trinajstić information content (AvgIpc) is 3.24. The molecule has 0 bridgehead atoms. The van der Waals surface area contributed by atoms with Crippen molar-refractivity contribution in [3.05, 3.63) is 71.9 Å². The molecule has 9 heteroatoms. The fraction of sp³-hybridized carbons (Fsp3) is 0.208. The van der Waals surface area contributed by atoms with Crippen LogP contribution in [0.15, 0.2) is 59.4 Å². The molecule has 1 N–H and O–H groups in total. The van der Waals surface area contributed by atoms with Crippen LogP contribution < -0.4 is 15.0 Å². The van der Waals surface area contributed by atoms with E-state index in [1.54, 1.807) is 26.4 Å². The number of nitrogens with zero attached hydrogens (tertiary/aromatic N) is 5. The van der Waals surface area contributed by atoms with Gasteiger partial charge in [0, 0.05) is 43.7 Å². The lowest BCUT2D eigenvalue weighted by molar-refractivity contribution is 0.0949. The van der Waals surface area contributed by atoms with Crippen LogP contribution in [0.4, 0.5) is 5.82 Å². The van der Waals surface area contributed by atoms with Crippen molar-refractivity contribution in [2.75, 3.05) is 26.1 Å². The van der Waals surface area contributed by atoms with Gasteiger partial charge in [0.1, 0.15) is 28.6 Å². The van der Waals surface area contributed by atoms with Gasteiger partial charge in [-0.2, -0.15) is 0 Å². The zero-order valence-corrected chi connectivity index (χ0v) is 18.9. The number of aromatic nitrogens is 4. The highest BCUT2D eigenvalue weighted by Gasteiger charge is 2.23. The summed E-state index contributed by atoms with van der Waals surface area (Å²) in [6.07, 6.45) is 3.40. The van der Waals surface area contributed by atoms with Crippen molar-refractivity contribution in [1.82, 2.24) is 25.4 Å². The maximum absolute atomic E-state index is 13.2. The van der Waals surface area contributed by atoms with Gasteiger partial charge in [0.05, 0.1) is 19.3 Å². The van der Waals surface area contributed by atoms with E-state index in [1.807, 2.05) is 61.5 Å². The highest BCUT2D eigenvalue weighted by atomic mass is 16.5. The summed E-state index contributed by atoms with van der Waals surface area (Å²) >= 11 is 0. The van der Waals surface area contributed by atoms with Crippen LogP contribution in [-0.4, -0.2) is 47.2 Å². The van der Waals surface area contributed by atoms with Crippen LogP contribution in [0.2, 0.25) is 0 Å². The van der Waals surface area contributed by atoms with Gasteiger partial charge in [0.2, 0.25) is 0 Å². The monoisotopic (exact) mass is 444 g/mol. The first-order chi connectivity index (χ1) is 16.0. The van der Waals surface area contributed by atoms with Crippen molar-refractivity contribution in [1.29, 1.82) is 0 Å². The van der Waals surface area contributed by atoms with Gasteiger partial charge in [0.15, 0.2) is 5.82 Å². The van der Waals surface area contributed by atoms with E-state index in [0.29, 0.717) is 39.8 Å². The molecule has 0 saturated heterocycles. The van der Waals surface area contributed by atoms with Gasteiger partial charge >= 0.3 is 0 Å². The Morgan fingerprint density at radius 1 is 1.15 bits per heavy atom. The molecule has 3 aromatic heterocycles. The summed E-state index contributed by atoms with van der Waals surface area (Å²) in [5, 5.41) is 7.04. The summed E-state index contributed by atoms with van der Waals surface area (Å²) in [7, 11) is 5.37. The van der Waals surface area contributed by atoms with E-state index in [-0.39, 0.29) is 12.5 Å². The van der Waals surface area contributed by atoms with Gasteiger partial charge in [-0.15, -0.1) is 0 Å². The number of rotatable bonds is 7. The Morgan fingerprint density at radius 2 is 1.97 bits per heavy atom. The van der Waals surface area contributed by atoms with Crippen molar-refractivity contribution in [2.45, 2.75) is 13.5 Å². The smallest absolute Gasteiger partial charge is 0.257 e. The Labute approximate surface area is 191 Å². The summed E-state index contributed by atoms with van der Waals surface area (Å²) in [6.45, 7) is 1.90. The number of carbonyl (C=O) groups excluding carboxylic acids is 1. The van der Waals surface area contributed by atoms with E-state index in [0.717, 1.165) is 11.4 Å². The molecule has 9 nitrogen and oxygen atoms in total. The van der Waals surface area contributed by atoms with E-state index >= 15 is 0 Å². The molecular formula is C24H24N6O3. The minimum absolute atomic E-state index is 0.200. The van der Waals surface area contributed by atoms with Crippen LogP contribution in [0.5, 0.6) is 5.75 Å². The summed E-state index contributed by atoms with van der Waals surface area (Å²) in [6, 6.07) is 12.9. The number of anilines is 1. The molecule has 4 rings (SSSR count). The molecule has 0 atom stereocenters. The highest BCUT2D eigenvalue weighted by Crippen LogP contribution is 2.32. The Bertz CT molecular complexity index is 1270. The second-order valence-electron chi connectivity index (χ2n) is 7.52. The number of aryl methyl sites for hydroxylation is 1. The molecule has 0 spiro atoms. The molecule has 4 aromatic rings. The van der Waals surface area contributed by atoms with Crippen LogP contribution in [0.25, 0.3) is 22.6 Å². The molecule has 0 fully saturated rings. The zero-order chi connectivity index (χ0) is 23.4. The average molecular weight is 444 g/mol. The molecule has 0 aliphatic heterocycles. The number of amides is 1. The maximum Gasteiger partial charge on any atom is 0.257 e. The molecule has 3 heterocycles. The minimum Gasteiger partial charge on any atom is -0.496 e. The van der Waals surface area contributed by atoms with Gasteiger partial charge < -0.3 is 19.5 Å². The van der Waals surface area contributed by atoms with Gasteiger partial charge in [-0.1, -0.05) is 17.3 Å². The predicted molar refractivity (Wildman–Crippen MR) is 124 cm³/mol. The number of pyridine rings is 1. The quantitative estimate of drug-likeness (QED) is 0.462. The van der Waals surface area contributed by atoms with Gasteiger partial charge in [-0.05, 0) is 31.2 Å². The van der Waals surface area contributed by atoms with Crippen molar-refractivity contribution >= 4 is 11.7 Å². The second-order valence-corrected chi connectivity index (χ2v) is 7.52. The fourth-order valence-electron chi connectivity index (χ4n) is 3.35. The first-order valence-corrected chi connectivity index (χ1v) is 10.3. The van der Waals surface area contributed by atoms with E-state index in [2.05, 4.69) is 25.4 Å². The molecule has 33 heavy (non-hydrogen) atoms. The largest absolute Gasteiger partial charge is 0.496 e. The molecule has 0 aliphatic carbocycles. The van der Waals surface area contributed by atoms with Crippen LogP contribution >= 0.6 is 0 Å². The Balaban J connectivity index is 1.62. The third-order valence-electron chi connectivity index (χ3n) is 5.03. The number of benzene rings is 1. The molecule has 0 radical (unpaired) electrons. The molecule has 0 aliphatic rings. The van der Waals surface area contributed by atoms with Gasteiger partial charge in [-0.25, -0.2) is 9.97 Å². The van der Waals surface area contributed by atoms with Crippen molar-refractivity contribution < 1.29 is 14.1 Å². The Hall–Kier alpha value is -4.27. The normalized spacial score (nSPS) is 10.7. The zero-order valence-electron chi connectivity index (χ0n) is 18.9. The van der Waals surface area contributed by atoms with E-state index in [4.69, 9.17) is 9.26 Å². The van der Waals surface area contributed by atoms with Crippen molar-refractivity contribution in [3.8, 4) is 28.4 Å². The van der Waals surface area contributed by atoms with Crippen LogP contribution in [0.3, 0.4) is 0 Å². The Morgan fingerprint density at radius 3 is 2.70 bits per heavy atom. The minimum atomic E-state index is -0.317. The topological polar surface area (TPSA) is 106 Å². The summed E-state index contributed by atoms with van der Waals surface area (Å²) in [5.74, 6) is 1.97. The van der Waals surface area contributed by atoms with Crippen LogP contribution in [0, 0.1) is 6.92 Å². The lowest BCUT2D eigenvalue weighted by atomic mass is 10.0. The van der Waals surface area contributed by atoms with Gasteiger partial charge in [-0.3, -0.25) is 9.78 Å². The number of para-hydroxylation sites is 1. The standard InChI is InChI=1S/C24H24N6O3/c1-15-21(22(29-33-15)18-9-5-6-10-19(18)32-4)24(31)26-14-17-12-20(30(2)3)28-23(27-17)16-8-7-11-25-13-16/h5-13H,14H2,1-4H3,(H,26,31). The molecule has 0 saturated carbocycles. The molecule has 168 valence electrons. The molecular weight excluding hydrogens is 420 g/mol. The number of nitrogens with one attached hydrogen (secondary N) is 1. The predicted octanol–water partition coefficient (Wildman–Crippen LogP) is 3.51. The summed E-state index contributed by atoms with van der Waals surface area (Å²) < 4.78 is 10.8. The lowest BCUT2D eigenvalue weighted by Gasteiger charge is -2.14. The second kappa shape index (κ2) is 9.47. The maximum atomic E-state index is 13.2. The molecule has 1 aromatic carbocycles. The first kappa shape index (κ1) is 21.9.